The third-order valence-corrected chi connectivity index (χ3v) is 2.29. The molecule has 0 aliphatic carbocycles. The number of methoxy groups -OCH3 is 1. The second kappa shape index (κ2) is 4.76. The van der Waals surface area contributed by atoms with E-state index in [1.807, 2.05) is 0 Å². The number of nitriles is 1. The second-order valence-electron chi connectivity index (χ2n) is 2.75. The second-order valence-corrected chi connectivity index (χ2v) is 3.13. The molecule has 3 nitrogen and oxygen atoms in total. The molecule has 0 unspecified atom stereocenters. The number of esters is 1. The van der Waals surface area contributed by atoms with Gasteiger partial charge in [0.2, 0.25) is 0 Å². The first kappa shape index (κ1) is 11.5. The summed E-state index contributed by atoms with van der Waals surface area (Å²) in [5.74, 6) is -1.23. The molecule has 0 aromatic heterocycles. The SMILES string of the molecule is COC(=O)Cc1c(F)ccc(C#N)c1Cl. The number of carbonyl (C=O) groups is 1. The molecule has 78 valence electrons. The maximum atomic E-state index is 13.3. The van der Waals surface area contributed by atoms with Crippen LogP contribution in [-0.2, 0) is 16.0 Å². The molecule has 1 rings (SSSR count). The monoisotopic (exact) mass is 227 g/mol. The summed E-state index contributed by atoms with van der Waals surface area (Å²) in [6, 6.07) is 4.17. The van der Waals surface area contributed by atoms with E-state index in [1.54, 1.807) is 6.07 Å². The molecule has 0 atom stereocenters. The first-order valence-electron chi connectivity index (χ1n) is 4.04. The number of nitrogens with zero attached hydrogens (tertiary/aromatic N) is 1. The summed E-state index contributed by atoms with van der Waals surface area (Å²) in [5, 5.41) is 8.61. The van der Waals surface area contributed by atoms with E-state index in [9.17, 15) is 9.18 Å². The molecule has 0 radical (unpaired) electrons. The van der Waals surface area contributed by atoms with E-state index in [0.717, 1.165) is 6.07 Å². The molecule has 0 N–H and O–H groups in total. The van der Waals surface area contributed by atoms with Crippen LogP contribution in [0.5, 0.6) is 0 Å². The smallest absolute Gasteiger partial charge is 0.310 e. The Kier molecular flexibility index (Phi) is 3.64. The van der Waals surface area contributed by atoms with Gasteiger partial charge in [-0.25, -0.2) is 4.39 Å². The first-order valence-corrected chi connectivity index (χ1v) is 4.41. The van der Waals surface area contributed by atoms with Crippen molar-refractivity contribution in [3.63, 3.8) is 0 Å². The Balaban J connectivity index is 3.16. The summed E-state index contributed by atoms with van der Waals surface area (Å²) in [4.78, 5) is 11.0. The third kappa shape index (κ3) is 2.45. The standard InChI is InChI=1S/C10H7ClFNO2/c1-15-9(14)4-7-8(12)3-2-6(5-13)10(7)11/h2-3H,4H2,1H3. The van der Waals surface area contributed by atoms with Gasteiger partial charge < -0.3 is 4.74 Å². The predicted octanol–water partition coefficient (Wildman–Crippen LogP) is 2.07. The molecule has 0 heterocycles. The molecule has 0 fully saturated rings. The number of hydrogen-bond acceptors (Lipinski definition) is 3. The maximum Gasteiger partial charge on any atom is 0.310 e. The number of carbonyl (C=O) groups excluding carboxylic acids is 1. The summed E-state index contributed by atoms with van der Waals surface area (Å²) < 4.78 is 17.7. The van der Waals surface area contributed by atoms with E-state index in [-0.39, 0.29) is 22.6 Å². The number of ether oxygens (including phenoxy) is 1. The van der Waals surface area contributed by atoms with Gasteiger partial charge in [-0.3, -0.25) is 4.79 Å². The van der Waals surface area contributed by atoms with Crippen LogP contribution in [0.1, 0.15) is 11.1 Å². The van der Waals surface area contributed by atoms with Gasteiger partial charge in [-0.2, -0.15) is 5.26 Å². The Morgan fingerprint density at radius 3 is 2.87 bits per heavy atom. The van der Waals surface area contributed by atoms with Gasteiger partial charge in [-0.15, -0.1) is 0 Å². The van der Waals surface area contributed by atoms with Crippen molar-refractivity contribution in [1.29, 1.82) is 5.26 Å². The minimum Gasteiger partial charge on any atom is -0.469 e. The molecule has 0 bridgehead atoms. The lowest BCUT2D eigenvalue weighted by molar-refractivity contribution is -0.139. The quantitative estimate of drug-likeness (QED) is 0.727. The fourth-order valence-corrected chi connectivity index (χ4v) is 1.32. The fraction of sp³-hybridized carbons (Fsp3) is 0.200. The summed E-state index contributed by atoms with van der Waals surface area (Å²) in [6.45, 7) is 0. The Morgan fingerprint density at radius 1 is 1.67 bits per heavy atom. The van der Waals surface area contributed by atoms with Crippen molar-refractivity contribution >= 4 is 17.6 Å². The molecular formula is C10H7ClFNO2. The lowest BCUT2D eigenvalue weighted by Crippen LogP contribution is -2.07. The van der Waals surface area contributed by atoms with Crippen LogP contribution in [0.3, 0.4) is 0 Å². The van der Waals surface area contributed by atoms with E-state index >= 15 is 0 Å². The van der Waals surface area contributed by atoms with Crippen molar-refractivity contribution in [2.75, 3.05) is 7.11 Å². The van der Waals surface area contributed by atoms with E-state index < -0.39 is 11.8 Å². The van der Waals surface area contributed by atoms with Crippen molar-refractivity contribution in [3.8, 4) is 6.07 Å². The highest BCUT2D eigenvalue weighted by Crippen LogP contribution is 2.24. The first-order chi connectivity index (χ1) is 7.10. The Morgan fingerprint density at radius 2 is 2.33 bits per heavy atom. The Bertz CT molecular complexity index is 440. The molecule has 5 heteroatoms. The minimum absolute atomic E-state index is 0.0115. The summed E-state index contributed by atoms with van der Waals surface area (Å²) in [6.07, 6.45) is -0.281. The maximum absolute atomic E-state index is 13.3. The van der Waals surface area contributed by atoms with Crippen LogP contribution in [0, 0.1) is 17.1 Å². The number of hydrogen-bond donors (Lipinski definition) is 0. The van der Waals surface area contributed by atoms with Crippen molar-refractivity contribution in [2.24, 2.45) is 0 Å². The molecule has 0 saturated heterocycles. The van der Waals surface area contributed by atoms with Crippen LogP contribution in [0.15, 0.2) is 12.1 Å². The fourth-order valence-electron chi connectivity index (χ4n) is 1.06. The number of rotatable bonds is 2. The molecular weight excluding hydrogens is 221 g/mol. The molecule has 0 aliphatic rings. The van der Waals surface area contributed by atoms with Gasteiger partial charge in [0.05, 0.1) is 24.1 Å². The molecule has 1 aromatic rings. The van der Waals surface area contributed by atoms with Crippen LogP contribution in [0.25, 0.3) is 0 Å². The lowest BCUT2D eigenvalue weighted by atomic mass is 10.1. The average molecular weight is 228 g/mol. The van der Waals surface area contributed by atoms with Crippen LogP contribution < -0.4 is 0 Å². The van der Waals surface area contributed by atoms with E-state index in [2.05, 4.69) is 4.74 Å². The Labute approximate surface area is 91.0 Å². The lowest BCUT2D eigenvalue weighted by Gasteiger charge is -2.05. The van der Waals surface area contributed by atoms with Gasteiger partial charge in [0.25, 0.3) is 0 Å². The van der Waals surface area contributed by atoms with Gasteiger partial charge in [0.15, 0.2) is 0 Å². The van der Waals surface area contributed by atoms with Crippen LogP contribution in [0.4, 0.5) is 4.39 Å². The zero-order valence-electron chi connectivity index (χ0n) is 7.88. The topological polar surface area (TPSA) is 50.1 Å². The number of halogens is 2. The van der Waals surface area contributed by atoms with Gasteiger partial charge in [-0.05, 0) is 12.1 Å². The van der Waals surface area contributed by atoms with Crippen molar-refractivity contribution < 1.29 is 13.9 Å². The Hall–Kier alpha value is -1.60. The highest BCUT2D eigenvalue weighted by Gasteiger charge is 2.15. The molecule has 0 saturated carbocycles. The molecule has 15 heavy (non-hydrogen) atoms. The van der Waals surface area contributed by atoms with Gasteiger partial charge in [0.1, 0.15) is 11.9 Å². The predicted molar refractivity (Wildman–Crippen MR) is 51.8 cm³/mol. The van der Waals surface area contributed by atoms with Gasteiger partial charge >= 0.3 is 5.97 Å². The minimum atomic E-state index is -0.621. The highest BCUT2D eigenvalue weighted by atomic mass is 35.5. The molecule has 0 spiro atoms. The molecule has 0 amide bonds. The van der Waals surface area contributed by atoms with Crippen LogP contribution in [0.2, 0.25) is 5.02 Å². The molecule has 0 aliphatic heterocycles. The summed E-state index contributed by atoms with van der Waals surface area (Å²) in [5.41, 5.74) is 0.125. The third-order valence-electron chi connectivity index (χ3n) is 1.86. The number of benzene rings is 1. The van der Waals surface area contributed by atoms with Crippen molar-refractivity contribution in [1.82, 2.24) is 0 Å². The highest BCUT2D eigenvalue weighted by molar-refractivity contribution is 6.32. The summed E-state index contributed by atoms with van der Waals surface area (Å²) in [7, 11) is 1.20. The van der Waals surface area contributed by atoms with Gasteiger partial charge in [-0.1, -0.05) is 11.6 Å². The van der Waals surface area contributed by atoms with Crippen molar-refractivity contribution in [3.05, 3.63) is 34.1 Å². The van der Waals surface area contributed by atoms with Crippen molar-refractivity contribution in [2.45, 2.75) is 6.42 Å². The normalized spacial score (nSPS) is 9.47. The van der Waals surface area contributed by atoms with E-state index in [0.29, 0.717) is 0 Å². The molecule has 1 aromatic carbocycles. The summed E-state index contributed by atoms with van der Waals surface area (Å²) >= 11 is 5.74. The van der Waals surface area contributed by atoms with Crippen LogP contribution >= 0.6 is 11.6 Å². The largest absolute Gasteiger partial charge is 0.469 e. The van der Waals surface area contributed by atoms with Gasteiger partial charge in [0, 0.05) is 5.56 Å². The van der Waals surface area contributed by atoms with Crippen LogP contribution in [-0.4, -0.2) is 13.1 Å². The zero-order valence-corrected chi connectivity index (χ0v) is 8.64. The van der Waals surface area contributed by atoms with E-state index in [1.165, 1.54) is 13.2 Å². The zero-order chi connectivity index (χ0) is 11.4. The average Bonchev–Trinajstić information content (AvgIpc) is 2.24. The van der Waals surface area contributed by atoms with E-state index in [4.69, 9.17) is 16.9 Å².